The fourth-order valence-corrected chi connectivity index (χ4v) is 5.28. The number of hydrogen-bond donors (Lipinski definition) is 2. The lowest BCUT2D eigenvalue weighted by Gasteiger charge is -2.29. The third-order valence-electron chi connectivity index (χ3n) is 7.23. The van der Waals surface area contributed by atoms with Crippen LogP contribution in [0.25, 0.3) is 5.65 Å². The van der Waals surface area contributed by atoms with E-state index in [1.807, 2.05) is 6.92 Å². The first kappa shape index (κ1) is 27.6. The number of aliphatic carboxylic acids is 1. The van der Waals surface area contributed by atoms with E-state index < -0.39 is 42.0 Å². The topological polar surface area (TPSA) is 134 Å². The Morgan fingerprint density at radius 2 is 1.88 bits per heavy atom. The highest BCUT2D eigenvalue weighted by Crippen LogP contribution is 2.39. The van der Waals surface area contributed by atoms with Gasteiger partial charge in [-0.1, -0.05) is 18.2 Å². The summed E-state index contributed by atoms with van der Waals surface area (Å²) in [6, 6.07) is 8.80. The molecule has 2 aromatic heterocycles. The summed E-state index contributed by atoms with van der Waals surface area (Å²) in [4.78, 5) is 56.4. The number of rotatable bonds is 8. The Hall–Kier alpha value is -5.00. The molecule has 0 spiro atoms. The summed E-state index contributed by atoms with van der Waals surface area (Å²) in [6.07, 6.45) is 2.40. The van der Waals surface area contributed by atoms with Crippen molar-refractivity contribution in [1.29, 1.82) is 0 Å². The van der Waals surface area contributed by atoms with Gasteiger partial charge < -0.3 is 15.3 Å². The van der Waals surface area contributed by atoms with Gasteiger partial charge in [0.1, 0.15) is 17.9 Å². The summed E-state index contributed by atoms with van der Waals surface area (Å²) in [5.74, 6) is -4.73. The van der Waals surface area contributed by atoms with Gasteiger partial charge in [-0.15, -0.1) is 0 Å². The van der Waals surface area contributed by atoms with E-state index >= 15 is 0 Å². The second-order valence-electron chi connectivity index (χ2n) is 9.80. The first-order chi connectivity index (χ1) is 19.5. The third-order valence-corrected chi connectivity index (χ3v) is 7.23. The van der Waals surface area contributed by atoms with Crippen molar-refractivity contribution in [2.75, 3.05) is 6.54 Å². The molecule has 5 rings (SSSR count). The van der Waals surface area contributed by atoms with Crippen molar-refractivity contribution < 1.29 is 33.1 Å². The second kappa shape index (κ2) is 10.9. The number of fused-ring (bicyclic) bond motifs is 2. The molecular weight excluding hydrogens is 536 g/mol. The van der Waals surface area contributed by atoms with Crippen LogP contribution in [0, 0.1) is 18.6 Å². The first-order valence-electron chi connectivity index (χ1n) is 12.8. The molecule has 4 aromatic rings. The Bertz CT molecular complexity index is 1730. The smallest absolute Gasteiger partial charge is 0.323 e. The normalized spacial score (nSPS) is 14.1. The summed E-state index contributed by atoms with van der Waals surface area (Å²) >= 11 is 0. The van der Waals surface area contributed by atoms with E-state index in [-0.39, 0.29) is 29.4 Å². The number of nitrogens with zero attached hydrogens (tertiary/aromatic N) is 4. The highest BCUT2D eigenvalue weighted by molar-refractivity contribution is 5.99. The standard InChI is InChI=1S/C29H25F2N5O5/c1-15-18(16(2)37)4-5-20-19(15)6-8-24(20)35(14-27(38)39)29(41)25-12-23(34-26-9-10-33-36(25)26)28(40)32-13-17-3-7-21(30)22(31)11-17/h3-5,7,9-12,24H,6,8,13-14H2,1-2H3,(H,32,40)(H,38,39)/t24-/m0/s1. The highest BCUT2D eigenvalue weighted by Gasteiger charge is 2.35. The molecule has 10 nitrogen and oxygen atoms in total. The van der Waals surface area contributed by atoms with Gasteiger partial charge in [0.2, 0.25) is 0 Å². The molecule has 2 N–H and O–H groups in total. The van der Waals surface area contributed by atoms with Gasteiger partial charge in [-0.3, -0.25) is 19.2 Å². The number of Topliss-reactive ketones (excluding diaryl/α,β-unsaturated/α-hetero) is 1. The third kappa shape index (κ3) is 5.28. The lowest BCUT2D eigenvalue weighted by atomic mass is 9.95. The predicted octanol–water partition coefficient (Wildman–Crippen LogP) is 3.66. The molecule has 1 atom stereocenters. The van der Waals surface area contributed by atoms with Gasteiger partial charge in [0.25, 0.3) is 11.8 Å². The van der Waals surface area contributed by atoms with Crippen molar-refractivity contribution in [1.82, 2.24) is 24.8 Å². The molecule has 1 aliphatic carbocycles. The molecule has 0 saturated heterocycles. The molecule has 0 fully saturated rings. The van der Waals surface area contributed by atoms with Crippen LogP contribution in [0.3, 0.4) is 0 Å². The van der Waals surface area contributed by atoms with E-state index in [0.717, 1.165) is 28.8 Å². The molecule has 1 aliphatic rings. The van der Waals surface area contributed by atoms with Gasteiger partial charge in [-0.2, -0.15) is 5.10 Å². The lowest BCUT2D eigenvalue weighted by molar-refractivity contribution is -0.138. The van der Waals surface area contributed by atoms with Crippen molar-refractivity contribution in [3.63, 3.8) is 0 Å². The summed E-state index contributed by atoms with van der Waals surface area (Å²) in [5.41, 5.74) is 3.32. The van der Waals surface area contributed by atoms with Crippen molar-refractivity contribution in [3.05, 3.63) is 99.5 Å². The maximum absolute atomic E-state index is 14.0. The summed E-state index contributed by atoms with van der Waals surface area (Å²) in [7, 11) is 0. The second-order valence-corrected chi connectivity index (χ2v) is 9.80. The molecule has 0 aliphatic heterocycles. The number of carbonyl (C=O) groups excluding carboxylic acids is 3. The number of halogens is 2. The maximum atomic E-state index is 14.0. The molecule has 2 aromatic carbocycles. The van der Waals surface area contributed by atoms with Gasteiger partial charge in [0.15, 0.2) is 23.1 Å². The molecule has 210 valence electrons. The number of benzene rings is 2. The summed E-state index contributed by atoms with van der Waals surface area (Å²) in [5, 5.41) is 16.4. The minimum atomic E-state index is -1.22. The van der Waals surface area contributed by atoms with E-state index in [4.69, 9.17) is 0 Å². The van der Waals surface area contributed by atoms with E-state index in [1.165, 1.54) is 40.7 Å². The minimum absolute atomic E-state index is 0.0789. The molecule has 0 unspecified atom stereocenters. The van der Waals surface area contributed by atoms with Crippen molar-refractivity contribution in [3.8, 4) is 0 Å². The largest absolute Gasteiger partial charge is 0.480 e. The van der Waals surface area contributed by atoms with Crippen LogP contribution in [-0.4, -0.2) is 54.7 Å². The molecule has 2 heterocycles. The van der Waals surface area contributed by atoms with Crippen LogP contribution in [-0.2, 0) is 17.8 Å². The number of carboxylic acids is 1. The number of aromatic nitrogens is 3. The Balaban J connectivity index is 1.48. The van der Waals surface area contributed by atoms with Crippen LogP contribution in [0.2, 0.25) is 0 Å². The van der Waals surface area contributed by atoms with Crippen molar-refractivity contribution in [2.45, 2.75) is 39.3 Å². The van der Waals surface area contributed by atoms with Crippen molar-refractivity contribution >= 4 is 29.2 Å². The monoisotopic (exact) mass is 561 g/mol. The van der Waals surface area contributed by atoms with Gasteiger partial charge >= 0.3 is 5.97 Å². The minimum Gasteiger partial charge on any atom is -0.480 e. The van der Waals surface area contributed by atoms with Crippen LogP contribution in [0.15, 0.2) is 48.7 Å². The molecule has 0 saturated carbocycles. The number of carboxylic acid groups (broad SMARTS) is 1. The molecule has 0 radical (unpaired) electrons. The summed E-state index contributed by atoms with van der Waals surface area (Å²) < 4.78 is 28.0. The van der Waals surface area contributed by atoms with E-state index in [2.05, 4.69) is 15.4 Å². The SMILES string of the molecule is CC(=O)c1ccc2c(c1C)CC[C@@H]2N(CC(=O)O)C(=O)c1cc(C(=O)NCc2ccc(F)c(F)c2)nc2ccnn12. The average molecular weight is 562 g/mol. The molecule has 0 bridgehead atoms. The zero-order valence-corrected chi connectivity index (χ0v) is 22.1. The average Bonchev–Trinajstić information content (AvgIpc) is 3.59. The van der Waals surface area contributed by atoms with Crippen molar-refractivity contribution in [2.24, 2.45) is 0 Å². The first-order valence-corrected chi connectivity index (χ1v) is 12.8. The van der Waals surface area contributed by atoms with Gasteiger partial charge in [-0.25, -0.2) is 18.3 Å². The van der Waals surface area contributed by atoms with E-state index in [9.17, 15) is 33.1 Å². The van der Waals surface area contributed by atoms with E-state index in [0.29, 0.717) is 24.0 Å². The fourth-order valence-electron chi connectivity index (χ4n) is 5.28. The Morgan fingerprint density at radius 3 is 2.59 bits per heavy atom. The number of hydrogen-bond acceptors (Lipinski definition) is 6. The van der Waals surface area contributed by atoms with Crippen LogP contribution in [0.1, 0.15) is 73.0 Å². The predicted molar refractivity (Wildman–Crippen MR) is 141 cm³/mol. The van der Waals surface area contributed by atoms with Crippen LogP contribution < -0.4 is 5.32 Å². The van der Waals surface area contributed by atoms with Crippen LogP contribution in [0.4, 0.5) is 8.78 Å². The highest BCUT2D eigenvalue weighted by atomic mass is 19.2. The van der Waals surface area contributed by atoms with Gasteiger partial charge in [0.05, 0.1) is 12.2 Å². The van der Waals surface area contributed by atoms with Crippen LogP contribution in [0.5, 0.6) is 0 Å². The van der Waals surface area contributed by atoms with E-state index in [1.54, 1.807) is 12.1 Å². The fraction of sp³-hybridized carbons (Fsp3) is 0.241. The Kier molecular flexibility index (Phi) is 7.31. The quantitative estimate of drug-likeness (QED) is 0.314. The zero-order valence-electron chi connectivity index (χ0n) is 22.1. The molecular formula is C29H25F2N5O5. The number of ketones is 1. The molecule has 41 heavy (non-hydrogen) atoms. The lowest BCUT2D eigenvalue weighted by Crippen LogP contribution is -2.39. The number of nitrogens with one attached hydrogen (secondary N) is 1. The maximum Gasteiger partial charge on any atom is 0.323 e. The Labute approximate surface area is 232 Å². The Morgan fingerprint density at radius 1 is 1.10 bits per heavy atom. The van der Waals surface area contributed by atoms with Crippen LogP contribution >= 0.6 is 0 Å². The molecule has 2 amide bonds. The number of amides is 2. The van der Waals surface area contributed by atoms with Gasteiger partial charge in [-0.05, 0) is 61.1 Å². The van der Waals surface area contributed by atoms with Gasteiger partial charge in [0, 0.05) is 24.2 Å². The zero-order chi connectivity index (χ0) is 29.4. The molecule has 12 heteroatoms. The number of carbonyl (C=O) groups is 4. The summed E-state index contributed by atoms with van der Waals surface area (Å²) in [6.45, 7) is 2.57.